The molecule has 7 rings (SSSR count). The third-order valence-electron chi connectivity index (χ3n) is 9.58. The number of pyridine rings is 2. The molecule has 230 valence electrons. The van der Waals surface area contributed by atoms with E-state index < -0.39 is 0 Å². The van der Waals surface area contributed by atoms with E-state index in [1.807, 2.05) is 32.3 Å². The molecule has 44 heavy (non-hydrogen) atoms. The van der Waals surface area contributed by atoms with Crippen LogP contribution in [0.5, 0.6) is 0 Å². The number of fused-ring (bicyclic) bond motifs is 3. The van der Waals surface area contributed by atoms with Crippen molar-refractivity contribution in [3.8, 4) is 11.3 Å². The van der Waals surface area contributed by atoms with Crippen molar-refractivity contribution < 1.29 is 9.13 Å². The van der Waals surface area contributed by atoms with E-state index in [4.69, 9.17) is 14.7 Å². The smallest absolute Gasteiger partial charge is 0.145 e. The molecule has 6 heterocycles. The van der Waals surface area contributed by atoms with Crippen molar-refractivity contribution in [2.45, 2.75) is 52.1 Å². The fraction of sp³-hybridized carbons (Fsp3) is 0.471. The Morgan fingerprint density at radius 2 is 1.80 bits per heavy atom. The standard InChI is InChI=1S/C34H41FN8O/c1-22(2)41-13-15-42(16-14-41)31-10-9-27-32-30(20-25(21-36-32)33-23(3)38-39-40(33)4)43(34(27)37-31)29(19-24-11-17-44-18-12-24)26-7-5-6-8-28(26)35/h5-10,20-22,24,29H,11-19H2,1-4H3. The zero-order chi connectivity index (χ0) is 30.4. The minimum absolute atomic E-state index is 0.198. The predicted molar refractivity (Wildman–Crippen MR) is 171 cm³/mol. The topological polar surface area (TPSA) is 77.1 Å². The molecular formula is C34H41FN8O. The number of piperazine rings is 1. The molecule has 5 aromatic rings. The summed E-state index contributed by atoms with van der Waals surface area (Å²) in [5.74, 6) is 1.17. The SMILES string of the molecule is Cc1nnn(C)c1-c1cnc2c3ccc(N4CCN(C(C)C)CC4)nc3n(C(CC3CCOCC3)c3ccccc3F)c2c1. The molecule has 1 atom stereocenters. The minimum atomic E-state index is -0.261. The van der Waals surface area contributed by atoms with Crippen molar-refractivity contribution in [1.82, 2.24) is 34.4 Å². The van der Waals surface area contributed by atoms with Crippen LogP contribution in [0.15, 0.2) is 48.7 Å². The average Bonchev–Trinajstić information content (AvgIpc) is 3.55. The molecule has 1 unspecified atom stereocenters. The van der Waals surface area contributed by atoms with Crippen LogP contribution in [0, 0.1) is 18.7 Å². The number of hydrogen-bond acceptors (Lipinski definition) is 7. The van der Waals surface area contributed by atoms with E-state index in [0.29, 0.717) is 17.5 Å². The Hall–Kier alpha value is -3.89. The van der Waals surface area contributed by atoms with Gasteiger partial charge in [0.2, 0.25) is 0 Å². The van der Waals surface area contributed by atoms with Gasteiger partial charge in [-0.3, -0.25) is 9.88 Å². The van der Waals surface area contributed by atoms with E-state index >= 15 is 4.39 Å². The first-order valence-electron chi connectivity index (χ1n) is 15.9. The summed E-state index contributed by atoms with van der Waals surface area (Å²) in [5.41, 5.74) is 6.01. The minimum Gasteiger partial charge on any atom is -0.381 e. The van der Waals surface area contributed by atoms with Gasteiger partial charge in [-0.05, 0) is 70.2 Å². The quantitative estimate of drug-likeness (QED) is 0.236. The third kappa shape index (κ3) is 5.24. The number of aryl methyl sites for hydroxylation is 2. The maximum Gasteiger partial charge on any atom is 0.145 e. The van der Waals surface area contributed by atoms with Crippen molar-refractivity contribution in [3.63, 3.8) is 0 Å². The van der Waals surface area contributed by atoms with Crippen molar-refractivity contribution in [1.29, 1.82) is 0 Å². The van der Waals surface area contributed by atoms with E-state index in [1.165, 1.54) is 0 Å². The molecule has 0 aliphatic carbocycles. The number of nitrogens with zero attached hydrogens (tertiary/aromatic N) is 8. The Morgan fingerprint density at radius 3 is 2.50 bits per heavy atom. The predicted octanol–water partition coefficient (Wildman–Crippen LogP) is 5.76. The summed E-state index contributed by atoms with van der Waals surface area (Å²) in [7, 11) is 1.90. The summed E-state index contributed by atoms with van der Waals surface area (Å²) in [5, 5.41) is 9.50. The van der Waals surface area contributed by atoms with E-state index in [2.05, 4.69) is 56.7 Å². The lowest BCUT2D eigenvalue weighted by Gasteiger charge is -2.37. The molecular weight excluding hydrogens is 555 g/mol. The fourth-order valence-corrected chi connectivity index (χ4v) is 7.12. The van der Waals surface area contributed by atoms with Crippen molar-refractivity contribution >= 4 is 27.9 Å². The van der Waals surface area contributed by atoms with Crippen LogP contribution in [0.4, 0.5) is 10.2 Å². The fourth-order valence-electron chi connectivity index (χ4n) is 7.12. The van der Waals surface area contributed by atoms with Crippen LogP contribution in [-0.4, -0.2) is 79.9 Å². The van der Waals surface area contributed by atoms with Crippen molar-refractivity contribution in [2.75, 3.05) is 44.3 Å². The highest BCUT2D eigenvalue weighted by Crippen LogP contribution is 2.40. The highest BCUT2D eigenvalue weighted by molar-refractivity contribution is 6.05. The van der Waals surface area contributed by atoms with Gasteiger partial charge in [-0.25, -0.2) is 14.1 Å². The van der Waals surface area contributed by atoms with Gasteiger partial charge in [0, 0.05) is 75.2 Å². The Kier molecular flexibility index (Phi) is 7.80. The summed E-state index contributed by atoms with van der Waals surface area (Å²) in [6.07, 6.45) is 4.61. The monoisotopic (exact) mass is 596 g/mol. The van der Waals surface area contributed by atoms with Gasteiger partial charge in [0.05, 0.1) is 28.5 Å². The third-order valence-corrected chi connectivity index (χ3v) is 9.58. The van der Waals surface area contributed by atoms with Gasteiger partial charge >= 0.3 is 0 Å². The van der Waals surface area contributed by atoms with Crippen LogP contribution in [0.3, 0.4) is 0 Å². The molecule has 9 nitrogen and oxygen atoms in total. The molecule has 2 aliphatic rings. The van der Waals surface area contributed by atoms with Gasteiger partial charge in [-0.2, -0.15) is 0 Å². The molecule has 0 N–H and O–H groups in total. The normalized spacial score (nSPS) is 17.7. The van der Waals surface area contributed by atoms with Crippen molar-refractivity contribution in [3.05, 3.63) is 65.7 Å². The molecule has 10 heteroatoms. The lowest BCUT2D eigenvalue weighted by molar-refractivity contribution is 0.0608. The molecule has 4 aromatic heterocycles. The van der Waals surface area contributed by atoms with Gasteiger partial charge in [-0.15, -0.1) is 5.10 Å². The first-order valence-corrected chi connectivity index (χ1v) is 15.9. The molecule has 0 radical (unpaired) electrons. The van der Waals surface area contributed by atoms with Crippen molar-refractivity contribution in [2.24, 2.45) is 13.0 Å². The highest BCUT2D eigenvalue weighted by Gasteiger charge is 2.29. The molecule has 0 bridgehead atoms. The summed E-state index contributed by atoms with van der Waals surface area (Å²) < 4.78 is 25.5. The second kappa shape index (κ2) is 11.9. The van der Waals surface area contributed by atoms with Crippen LogP contribution in [-0.2, 0) is 11.8 Å². The zero-order valence-corrected chi connectivity index (χ0v) is 26.1. The Morgan fingerprint density at radius 1 is 1.02 bits per heavy atom. The molecule has 1 aromatic carbocycles. The van der Waals surface area contributed by atoms with E-state index in [1.54, 1.807) is 16.8 Å². The van der Waals surface area contributed by atoms with Crippen LogP contribution in [0.1, 0.15) is 50.4 Å². The zero-order valence-electron chi connectivity index (χ0n) is 26.1. The summed E-state index contributed by atoms with van der Waals surface area (Å²) in [6, 6.07) is 13.9. The second-order valence-corrected chi connectivity index (χ2v) is 12.6. The number of ether oxygens (including phenoxy) is 1. The second-order valence-electron chi connectivity index (χ2n) is 12.6. The van der Waals surface area contributed by atoms with Gasteiger partial charge < -0.3 is 14.2 Å². The van der Waals surface area contributed by atoms with E-state index in [9.17, 15) is 0 Å². The molecule has 0 amide bonds. The maximum absolute atomic E-state index is 15.8. The molecule has 2 fully saturated rings. The van der Waals surface area contributed by atoms with Gasteiger partial charge in [0.15, 0.2) is 0 Å². The Bertz CT molecular complexity index is 1760. The Balaban J connectivity index is 1.43. The van der Waals surface area contributed by atoms with E-state index in [0.717, 1.165) is 103 Å². The Labute approximate surface area is 257 Å². The largest absolute Gasteiger partial charge is 0.381 e. The van der Waals surface area contributed by atoms with Crippen LogP contribution in [0.2, 0.25) is 0 Å². The summed E-state index contributed by atoms with van der Waals surface area (Å²) in [4.78, 5) is 15.3. The lowest BCUT2D eigenvalue weighted by atomic mass is 9.89. The average molecular weight is 597 g/mol. The molecule has 0 spiro atoms. The number of hydrogen-bond donors (Lipinski definition) is 0. The first-order chi connectivity index (χ1) is 21.4. The molecule has 0 saturated carbocycles. The number of aromatic nitrogens is 6. The summed E-state index contributed by atoms with van der Waals surface area (Å²) >= 11 is 0. The number of anilines is 1. The highest BCUT2D eigenvalue weighted by atomic mass is 19.1. The number of rotatable bonds is 7. The van der Waals surface area contributed by atoms with Crippen LogP contribution in [0.25, 0.3) is 33.3 Å². The van der Waals surface area contributed by atoms with Gasteiger partial charge in [0.1, 0.15) is 17.3 Å². The first kappa shape index (κ1) is 28.9. The molecule has 2 aliphatic heterocycles. The van der Waals surface area contributed by atoms with Gasteiger partial charge in [0.25, 0.3) is 0 Å². The maximum atomic E-state index is 15.8. The molecule has 2 saturated heterocycles. The lowest BCUT2D eigenvalue weighted by Crippen LogP contribution is -2.49. The van der Waals surface area contributed by atoms with Crippen LogP contribution < -0.4 is 4.90 Å². The van der Waals surface area contributed by atoms with E-state index in [-0.39, 0.29) is 11.9 Å². The van der Waals surface area contributed by atoms with Gasteiger partial charge in [-0.1, -0.05) is 23.4 Å². The number of halogens is 1. The summed E-state index contributed by atoms with van der Waals surface area (Å²) in [6.45, 7) is 11.8. The van der Waals surface area contributed by atoms with Crippen LogP contribution >= 0.6 is 0 Å². The number of benzene rings is 1.